The number of carboxylic acids is 1. The molecule has 2 saturated carbocycles. The number of carbonyl (C=O) groups excluding carboxylic acids is 1. The van der Waals surface area contributed by atoms with Crippen LogP contribution in [0.2, 0.25) is 0 Å². The number of carbonyl (C=O) groups is 2. The highest BCUT2D eigenvalue weighted by molar-refractivity contribution is 5.77. The molecule has 2 aromatic rings. The average molecular weight is 541 g/mol. The van der Waals surface area contributed by atoms with Crippen LogP contribution in [0, 0.1) is 28.6 Å². The van der Waals surface area contributed by atoms with Crippen molar-refractivity contribution in [3.63, 3.8) is 0 Å². The topological polar surface area (TPSA) is 79.7 Å². The van der Waals surface area contributed by atoms with Crippen LogP contribution in [0.25, 0.3) is 5.57 Å². The van der Waals surface area contributed by atoms with Crippen molar-refractivity contribution < 1.29 is 19.4 Å². The number of benzene rings is 1. The van der Waals surface area contributed by atoms with E-state index in [4.69, 9.17) is 4.74 Å². The second-order valence-electron chi connectivity index (χ2n) is 12.8. The summed E-state index contributed by atoms with van der Waals surface area (Å²) in [6.45, 7) is 4.78. The quantitative estimate of drug-likeness (QED) is 0.394. The summed E-state index contributed by atoms with van der Waals surface area (Å²) in [4.78, 5) is 30.3. The molecular weight excluding hydrogens is 500 g/mol. The number of ether oxygens (including phenoxy) is 1. The highest BCUT2D eigenvalue weighted by Gasteiger charge is 2.57. The molecule has 4 aliphatic rings. The van der Waals surface area contributed by atoms with Crippen molar-refractivity contribution in [3.8, 4) is 0 Å². The van der Waals surface area contributed by atoms with Crippen molar-refractivity contribution in [2.45, 2.75) is 71.4 Å². The number of fused-ring (bicyclic) bond motifs is 5. The van der Waals surface area contributed by atoms with Gasteiger partial charge in [0, 0.05) is 25.4 Å². The average Bonchev–Trinajstić information content (AvgIpc) is 3.31. The first-order valence-corrected chi connectivity index (χ1v) is 14.8. The molecule has 1 aromatic heterocycles. The molecule has 1 N–H and O–H groups in total. The number of aromatic nitrogens is 1. The number of amides is 1. The number of allylic oxidation sites excluding steroid dienone is 3. The fraction of sp³-hybridized carbons (Fsp3) is 0.500. The minimum absolute atomic E-state index is 0.134. The van der Waals surface area contributed by atoms with Crippen LogP contribution in [0.3, 0.4) is 0 Å². The van der Waals surface area contributed by atoms with Crippen LogP contribution in [-0.4, -0.2) is 39.7 Å². The Bertz CT molecular complexity index is 1320. The van der Waals surface area contributed by atoms with Gasteiger partial charge in [-0.15, -0.1) is 0 Å². The number of carboxylic acid groups (broad SMARTS) is 1. The number of aliphatic carboxylic acids is 1. The van der Waals surface area contributed by atoms with Crippen LogP contribution in [0.4, 0.5) is 4.79 Å². The largest absolute Gasteiger partial charge is 0.480 e. The van der Waals surface area contributed by atoms with E-state index in [-0.39, 0.29) is 30.0 Å². The van der Waals surface area contributed by atoms with Crippen molar-refractivity contribution in [2.24, 2.45) is 28.6 Å². The molecule has 40 heavy (non-hydrogen) atoms. The van der Waals surface area contributed by atoms with E-state index in [2.05, 4.69) is 37.0 Å². The van der Waals surface area contributed by atoms with E-state index in [1.165, 1.54) is 34.5 Å². The fourth-order valence-corrected chi connectivity index (χ4v) is 8.63. The molecule has 4 aliphatic carbocycles. The van der Waals surface area contributed by atoms with Crippen molar-refractivity contribution in [3.05, 3.63) is 83.7 Å². The van der Waals surface area contributed by atoms with Crippen molar-refractivity contribution in [2.75, 3.05) is 6.54 Å². The van der Waals surface area contributed by atoms with Gasteiger partial charge >= 0.3 is 12.1 Å². The maximum Gasteiger partial charge on any atom is 0.410 e. The van der Waals surface area contributed by atoms with Gasteiger partial charge in [0.15, 0.2) is 0 Å². The third-order valence-electron chi connectivity index (χ3n) is 10.7. The molecule has 0 spiro atoms. The summed E-state index contributed by atoms with van der Waals surface area (Å²) in [5.41, 5.74) is 5.42. The molecule has 6 nitrogen and oxygen atoms in total. The summed E-state index contributed by atoms with van der Waals surface area (Å²) < 4.78 is 5.97. The van der Waals surface area contributed by atoms with Gasteiger partial charge in [-0.3, -0.25) is 14.7 Å². The molecule has 0 bridgehead atoms. The predicted molar refractivity (Wildman–Crippen MR) is 154 cm³/mol. The summed E-state index contributed by atoms with van der Waals surface area (Å²) in [6.07, 6.45) is 15.3. The van der Waals surface area contributed by atoms with E-state index in [0.717, 1.165) is 37.7 Å². The van der Waals surface area contributed by atoms with E-state index in [0.29, 0.717) is 17.8 Å². The first-order chi connectivity index (χ1) is 19.3. The first-order valence-electron chi connectivity index (χ1n) is 14.8. The number of rotatable bonds is 6. The molecule has 1 aromatic carbocycles. The van der Waals surface area contributed by atoms with Gasteiger partial charge in [0.05, 0.1) is 0 Å². The SMILES string of the molecule is C[C@]12CC[C@H](OC(=O)N(CC(=O)O)Cc3ccccc3)CC1=CC[C@H]1C3CC=C(c4cccnc4)[C@@]3(C)CC[C@@H]12. The third kappa shape index (κ3) is 4.76. The van der Waals surface area contributed by atoms with E-state index < -0.39 is 12.1 Å². The Hall–Kier alpha value is -3.41. The molecule has 6 atom stereocenters. The lowest BCUT2D eigenvalue weighted by atomic mass is 9.47. The summed E-state index contributed by atoms with van der Waals surface area (Å²) in [7, 11) is 0. The van der Waals surface area contributed by atoms with Gasteiger partial charge in [0.1, 0.15) is 12.6 Å². The van der Waals surface area contributed by atoms with Gasteiger partial charge in [0.25, 0.3) is 0 Å². The zero-order chi connectivity index (χ0) is 27.9. The van der Waals surface area contributed by atoms with Crippen LogP contribution in [0.1, 0.15) is 69.9 Å². The minimum atomic E-state index is -1.04. The summed E-state index contributed by atoms with van der Waals surface area (Å²) >= 11 is 0. The molecular formula is C34H40N2O4. The lowest BCUT2D eigenvalue weighted by Crippen LogP contribution is -2.50. The van der Waals surface area contributed by atoms with E-state index in [9.17, 15) is 14.7 Å². The monoisotopic (exact) mass is 540 g/mol. The van der Waals surface area contributed by atoms with Crippen molar-refractivity contribution in [1.82, 2.24) is 9.88 Å². The summed E-state index contributed by atoms with van der Waals surface area (Å²) in [6, 6.07) is 13.7. The highest BCUT2D eigenvalue weighted by Crippen LogP contribution is 2.66. The molecule has 2 fully saturated rings. The van der Waals surface area contributed by atoms with Crippen LogP contribution in [0.5, 0.6) is 0 Å². The fourth-order valence-electron chi connectivity index (χ4n) is 8.63. The summed E-state index contributed by atoms with van der Waals surface area (Å²) in [5.74, 6) is 0.913. The van der Waals surface area contributed by atoms with Gasteiger partial charge in [-0.25, -0.2) is 4.79 Å². The Kier molecular flexibility index (Phi) is 7.05. The van der Waals surface area contributed by atoms with Gasteiger partial charge in [-0.2, -0.15) is 0 Å². The first kappa shape index (κ1) is 26.8. The molecule has 210 valence electrons. The molecule has 6 heteroatoms. The van der Waals surface area contributed by atoms with E-state index in [1.807, 2.05) is 48.8 Å². The number of hydrogen-bond donors (Lipinski definition) is 1. The number of pyridine rings is 1. The van der Waals surface area contributed by atoms with Crippen molar-refractivity contribution in [1.29, 1.82) is 0 Å². The lowest BCUT2D eigenvalue weighted by molar-refractivity contribution is -0.138. The summed E-state index contributed by atoms with van der Waals surface area (Å²) in [5, 5.41) is 9.41. The van der Waals surface area contributed by atoms with Crippen LogP contribution in [-0.2, 0) is 16.1 Å². The minimum Gasteiger partial charge on any atom is -0.480 e. The van der Waals surface area contributed by atoms with Crippen LogP contribution >= 0.6 is 0 Å². The smallest absolute Gasteiger partial charge is 0.410 e. The van der Waals surface area contributed by atoms with E-state index in [1.54, 1.807) is 0 Å². The van der Waals surface area contributed by atoms with Gasteiger partial charge in [0.2, 0.25) is 0 Å². The zero-order valence-corrected chi connectivity index (χ0v) is 23.6. The normalized spacial score (nSPS) is 32.5. The predicted octanol–water partition coefficient (Wildman–Crippen LogP) is 7.13. The molecule has 1 unspecified atom stereocenters. The lowest BCUT2D eigenvalue weighted by Gasteiger charge is -2.57. The standard InChI is InChI=1S/C34H40N2O4/c1-33-16-14-26(40-32(39)36(22-31(37)38)21-23-7-4-3-5-8-23)19-25(33)10-11-27-29-13-12-28(24-9-6-18-35-20-24)34(29,2)17-15-30(27)33/h3-10,12,18,20,26-27,29-30H,11,13-17,19,21-22H2,1-2H3,(H,37,38)/t26-,27-,29?,30-,33-,34+/m0/s1. The maximum absolute atomic E-state index is 13.1. The third-order valence-corrected chi connectivity index (χ3v) is 10.7. The second kappa shape index (κ2) is 10.5. The Morgan fingerprint density at radius 1 is 1.00 bits per heavy atom. The molecule has 0 radical (unpaired) electrons. The van der Waals surface area contributed by atoms with Crippen LogP contribution in [0.15, 0.2) is 72.6 Å². The second-order valence-corrected chi connectivity index (χ2v) is 12.8. The molecule has 6 rings (SSSR count). The Balaban J connectivity index is 1.15. The van der Waals surface area contributed by atoms with Crippen molar-refractivity contribution >= 4 is 17.6 Å². The molecule has 1 amide bonds. The van der Waals surface area contributed by atoms with E-state index >= 15 is 0 Å². The Labute approximate surface area is 237 Å². The van der Waals surface area contributed by atoms with Gasteiger partial charge in [-0.1, -0.05) is 68.0 Å². The zero-order valence-electron chi connectivity index (χ0n) is 23.6. The Morgan fingerprint density at radius 2 is 1.80 bits per heavy atom. The molecule has 1 heterocycles. The number of hydrogen-bond acceptors (Lipinski definition) is 4. The molecule has 0 saturated heterocycles. The number of nitrogens with zero attached hydrogens (tertiary/aromatic N) is 2. The Morgan fingerprint density at radius 3 is 2.55 bits per heavy atom. The van der Waals surface area contributed by atoms with Gasteiger partial charge < -0.3 is 9.84 Å². The highest BCUT2D eigenvalue weighted by atomic mass is 16.6. The maximum atomic E-state index is 13.1. The van der Waals surface area contributed by atoms with Gasteiger partial charge in [-0.05, 0) is 89.9 Å². The molecule has 0 aliphatic heterocycles. The van der Waals surface area contributed by atoms with Crippen LogP contribution < -0.4 is 0 Å².